The normalized spacial score (nSPS) is 19.4. The number of anilines is 3. The van der Waals surface area contributed by atoms with Crippen LogP contribution in [0.3, 0.4) is 0 Å². The van der Waals surface area contributed by atoms with E-state index in [0.29, 0.717) is 35.8 Å². The Morgan fingerprint density at radius 2 is 1.70 bits per heavy atom. The van der Waals surface area contributed by atoms with E-state index in [1.807, 2.05) is 39.8 Å². The van der Waals surface area contributed by atoms with Gasteiger partial charge in [0.05, 0.1) is 18.6 Å². The van der Waals surface area contributed by atoms with E-state index in [0.717, 1.165) is 32.0 Å². The van der Waals surface area contributed by atoms with E-state index in [2.05, 4.69) is 41.1 Å². The largest absolute Gasteiger partial charge is 0.380 e. The molecule has 170 valence electrons. The Balaban J connectivity index is 1.18. The molecule has 3 fully saturated rings. The number of urea groups is 1. The first-order chi connectivity index (χ1) is 16.0. The lowest BCUT2D eigenvalue weighted by molar-refractivity contribution is -0.127. The number of nitrogens with zero attached hydrogens (tertiary/aromatic N) is 7. The van der Waals surface area contributed by atoms with E-state index in [1.165, 1.54) is 5.69 Å². The van der Waals surface area contributed by atoms with Gasteiger partial charge < -0.3 is 14.2 Å². The van der Waals surface area contributed by atoms with Crippen molar-refractivity contribution in [3.05, 3.63) is 48.8 Å². The van der Waals surface area contributed by atoms with E-state index >= 15 is 0 Å². The van der Waals surface area contributed by atoms with Crippen LogP contribution in [0, 0.1) is 5.41 Å². The molecule has 3 aliphatic heterocycles. The monoisotopic (exact) mass is 445 g/mol. The third-order valence-electron chi connectivity index (χ3n) is 6.77. The summed E-state index contributed by atoms with van der Waals surface area (Å²) >= 11 is 0. The smallest absolute Gasteiger partial charge is 0.330 e. The Labute approximate surface area is 192 Å². The summed E-state index contributed by atoms with van der Waals surface area (Å²) in [7, 11) is 0. The maximum atomic E-state index is 13.3. The van der Waals surface area contributed by atoms with Gasteiger partial charge in [0, 0.05) is 43.6 Å². The highest BCUT2D eigenvalue weighted by atomic mass is 16.5. The highest BCUT2D eigenvalue weighted by Gasteiger charge is 2.49. The zero-order valence-corrected chi connectivity index (χ0v) is 18.9. The van der Waals surface area contributed by atoms with Crippen molar-refractivity contribution in [2.45, 2.75) is 19.9 Å². The van der Waals surface area contributed by atoms with Gasteiger partial charge in [0.15, 0.2) is 5.82 Å². The number of carbonyl (C=O) groups is 1. The van der Waals surface area contributed by atoms with Gasteiger partial charge in [-0.25, -0.2) is 9.78 Å². The summed E-state index contributed by atoms with van der Waals surface area (Å²) in [5.74, 6) is 1.33. The van der Waals surface area contributed by atoms with Gasteiger partial charge in [-0.05, 0) is 50.2 Å². The lowest BCUT2D eigenvalue weighted by Gasteiger charge is -2.56. The molecule has 0 radical (unpaired) electrons. The van der Waals surface area contributed by atoms with Crippen molar-refractivity contribution in [2.24, 2.45) is 5.41 Å². The van der Waals surface area contributed by atoms with Gasteiger partial charge >= 0.3 is 6.03 Å². The van der Waals surface area contributed by atoms with Gasteiger partial charge in [0.1, 0.15) is 17.8 Å². The average Bonchev–Trinajstić information content (AvgIpc) is 3.40. The molecule has 3 saturated heterocycles. The molecule has 0 aliphatic carbocycles. The second-order valence-electron chi connectivity index (χ2n) is 9.49. The van der Waals surface area contributed by atoms with Gasteiger partial charge in [-0.15, -0.1) is 10.2 Å². The molecule has 0 bridgehead atoms. The molecule has 33 heavy (non-hydrogen) atoms. The summed E-state index contributed by atoms with van der Waals surface area (Å²) in [4.78, 5) is 23.9. The highest BCUT2D eigenvalue weighted by molar-refractivity contribution is 6.05. The maximum Gasteiger partial charge on any atom is 0.330 e. The topological polar surface area (TPSA) is 79.6 Å². The predicted molar refractivity (Wildman–Crippen MR) is 126 cm³/mol. The molecule has 1 spiro atoms. The van der Waals surface area contributed by atoms with Crippen LogP contribution >= 0.6 is 0 Å². The number of rotatable bonds is 5. The minimum atomic E-state index is -0.0627. The van der Waals surface area contributed by atoms with Gasteiger partial charge in [-0.2, -0.15) is 0 Å². The highest BCUT2D eigenvalue weighted by Crippen LogP contribution is 2.40. The first-order valence-corrected chi connectivity index (χ1v) is 11.4. The number of pyridine rings is 1. The van der Waals surface area contributed by atoms with Crippen LogP contribution in [0.2, 0.25) is 0 Å². The Hall–Kier alpha value is -3.46. The maximum absolute atomic E-state index is 13.3. The molecule has 2 amide bonds. The van der Waals surface area contributed by atoms with Gasteiger partial charge in [-0.3, -0.25) is 9.80 Å². The van der Waals surface area contributed by atoms with E-state index in [1.54, 1.807) is 11.2 Å². The van der Waals surface area contributed by atoms with Crippen LogP contribution in [0.5, 0.6) is 0 Å². The Morgan fingerprint density at radius 1 is 0.970 bits per heavy atom. The molecule has 3 aromatic rings. The number of carbonyl (C=O) groups excluding carboxylic acids is 1. The first-order valence-electron chi connectivity index (χ1n) is 11.4. The van der Waals surface area contributed by atoms with Crippen molar-refractivity contribution in [1.82, 2.24) is 19.7 Å². The summed E-state index contributed by atoms with van der Waals surface area (Å²) in [6, 6.07) is 14.1. The molecule has 9 nitrogen and oxygen atoms in total. The van der Waals surface area contributed by atoms with Crippen LogP contribution in [0.1, 0.15) is 19.9 Å². The van der Waals surface area contributed by atoms with Crippen molar-refractivity contribution < 1.29 is 9.53 Å². The van der Waals surface area contributed by atoms with Crippen LogP contribution < -0.4 is 14.7 Å². The molecule has 0 N–H and O–H groups in total. The quantitative estimate of drug-likeness (QED) is 0.600. The zero-order chi connectivity index (χ0) is 22.6. The Bertz CT molecular complexity index is 1180. The Kier molecular flexibility index (Phi) is 4.62. The van der Waals surface area contributed by atoms with E-state index < -0.39 is 0 Å². The molecule has 1 aromatic carbocycles. The van der Waals surface area contributed by atoms with Crippen molar-refractivity contribution in [1.29, 1.82) is 0 Å². The lowest BCUT2D eigenvalue weighted by Crippen LogP contribution is -2.66. The zero-order valence-electron chi connectivity index (χ0n) is 18.9. The molecule has 0 saturated carbocycles. The van der Waals surface area contributed by atoms with Crippen molar-refractivity contribution in [2.75, 3.05) is 54.1 Å². The SMILES string of the molecule is CC(C)n1cnnc1-c1cccc(N2CCN(c3ccc(N4CC5(COC5)C4)cc3)C2=O)n1. The summed E-state index contributed by atoms with van der Waals surface area (Å²) in [6.45, 7) is 9.22. The molecule has 9 heteroatoms. The number of hydrogen-bond donors (Lipinski definition) is 0. The third kappa shape index (κ3) is 3.34. The standard InChI is InChI=1S/C24H27N7O2/c1-17(2)31-16-25-27-22(31)20-4-3-5-21(26-20)30-11-10-29(23(30)32)19-8-6-18(7-9-19)28-12-24(13-28)14-33-15-24/h3-9,16-17H,10-15H2,1-2H3. The van der Waals surface area contributed by atoms with Crippen LogP contribution in [-0.4, -0.2) is 65.2 Å². The molecule has 6 rings (SSSR count). The second kappa shape index (κ2) is 7.55. The van der Waals surface area contributed by atoms with Gasteiger partial charge in [0.25, 0.3) is 0 Å². The van der Waals surface area contributed by atoms with Crippen molar-refractivity contribution in [3.63, 3.8) is 0 Å². The molecular formula is C24H27N7O2. The fourth-order valence-electron chi connectivity index (χ4n) is 4.85. The first kappa shape index (κ1) is 20.2. The number of aromatic nitrogens is 4. The fraction of sp³-hybridized carbons (Fsp3) is 0.417. The van der Waals surface area contributed by atoms with Crippen LogP contribution in [0.25, 0.3) is 11.5 Å². The van der Waals surface area contributed by atoms with Crippen LogP contribution in [0.15, 0.2) is 48.8 Å². The van der Waals surface area contributed by atoms with E-state index in [9.17, 15) is 4.79 Å². The summed E-state index contributed by atoms with van der Waals surface area (Å²) in [5.41, 5.74) is 3.19. The Morgan fingerprint density at radius 3 is 2.39 bits per heavy atom. The average molecular weight is 446 g/mol. The minimum Gasteiger partial charge on any atom is -0.380 e. The number of benzene rings is 1. The van der Waals surface area contributed by atoms with Gasteiger partial charge in [-0.1, -0.05) is 6.07 Å². The molecule has 0 unspecified atom stereocenters. The van der Waals surface area contributed by atoms with Crippen LogP contribution in [-0.2, 0) is 4.74 Å². The minimum absolute atomic E-state index is 0.0627. The van der Waals surface area contributed by atoms with Gasteiger partial charge in [0.2, 0.25) is 0 Å². The predicted octanol–water partition coefficient (Wildman–Crippen LogP) is 3.20. The second-order valence-corrected chi connectivity index (χ2v) is 9.49. The third-order valence-corrected chi connectivity index (χ3v) is 6.77. The number of ether oxygens (including phenoxy) is 1. The number of amides is 2. The van der Waals surface area contributed by atoms with Crippen LogP contribution in [0.4, 0.5) is 22.0 Å². The molecule has 0 atom stereocenters. The lowest BCUT2D eigenvalue weighted by atomic mass is 9.78. The van der Waals surface area contributed by atoms with E-state index in [-0.39, 0.29) is 12.1 Å². The molecule has 3 aliphatic rings. The molecule has 2 aromatic heterocycles. The molecular weight excluding hydrogens is 418 g/mol. The fourth-order valence-corrected chi connectivity index (χ4v) is 4.85. The van der Waals surface area contributed by atoms with E-state index in [4.69, 9.17) is 9.72 Å². The van der Waals surface area contributed by atoms with Crippen molar-refractivity contribution in [3.8, 4) is 11.5 Å². The summed E-state index contributed by atoms with van der Waals surface area (Å²) in [5, 5.41) is 8.27. The summed E-state index contributed by atoms with van der Waals surface area (Å²) < 4.78 is 7.34. The van der Waals surface area contributed by atoms with Crippen molar-refractivity contribution >= 4 is 23.2 Å². The summed E-state index contributed by atoms with van der Waals surface area (Å²) in [6.07, 6.45) is 1.71. The molecule has 5 heterocycles. The number of hydrogen-bond acceptors (Lipinski definition) is 6.